The van der Waals surface area contributed by atoms with E-state index in [4.69, 9.17) is 16.7 Å². The first-order valence-electron chi connectivity index (χ1n) is 9.99. The van der Waals surface area contributed by atoms with Crippen LogP contribution in [0.3, 0.4) is 0 Å². The third kappa shape index (κ3) is 4.99. The van der Waals surface area contributed by atoms with Crippen LogP contribution in [0.5, 0.6) is 0 Å². The summed E-state index contributed by atoms with van der Waals surface area (Å²) >= 11 is 5.97. The number of hydrogen-bond donors (Lipinski definition) is 1. The molecule has 162 valence electrons. The van der Waals surface area contributed by atoms with Crippen LogP contribution >= 0.6 is 11.6 Å². The molecule has 1 aliphatic heterocycles. The molecule has 1 heterocycles. The average Bonchev–Trinajstić information content (AvgIpc) is 3.09. The molecule has 0 unspecified atom stereocenters. The average molecular weight is 465 g/mol. The third-order valence-electron chi connectivity index (χ3n) is 5.21. The quantitative estimate of drug-likeness (QED) is 0.545. The van der Waals surface area contributed by atoms with E-state index in [9.17, 15) is 13.2 Å². The van der Waals surface area contributed by atoms with Gasteiger partial charge >= 0.3 is 0 Å². The van der Waals surface area contributed by atoms with Crippen molar-refractivity contribution in [3.05, 3.63) is 112 Å². The van der Waals surface area contributed by atoms with Crippen LogP contribution in [0.15, 0.2) is 95.4 Å². The Morgan fingerprint density at radius 3 is 2.19 bits per heavy atom. The van der Waals surface area contributed by atoms with Crippen LogP contribution in [0, 0.1) is 0 Å². The number of primary sulfonamides is 1. The van der Waals surface area contributed by atoms with Crippen molar-refractivity contribution in [2.45, 2.75) is 11.3 Å². The lowest BCUT2D eigenvalue weighted by atomic mass is 10.1. The molecule has 0 radical (unpaired) electrons. The first kappa shape index (κ1) is 22.0. The molecule has 1 aliphatic rings. The second kappa shape index (κ2) is 9.12. The summed E-state index contributed by atoms with van der Waals surface area (Å²) in [6, 6.07) is 23.5. The van der Waals surface area contributed by atoms with Crippen LogP contribution in [0.1, 0.15) is 16.7 Å². The van der Waals surface area contributed by atoms with Gasteiger partial charge in [-0.25, -0.2) is 13.6 Å². The molecular formula is C25H21ClN2O3S. The molecule has 1 amide bonds. The van der Waals surface area contributed by atoms with Crippen LogP contribution in [-0.2, 0) is 21.2 Å². The van der Waals surface area contributed by atoms with Gasteiger partial charge in [-0.05, 0) is 59.5 Å². The van der Waals surface area contributed by atoms with E-state index in [1.165, 1.54) is 12.1 Å². The Hall–Kier alpha value is -3.19. The number of rotatable bonds is 6. The molecule has 0 atom stereocenters. The first-order chi connectivity index (χ1) is 15.3. The topological polar surface area (TPSA) is 80.5 Å². The standard InChI is InChI=1S/C25H21ClN2O3S/c26-22-10-6-19(7-11-22)16-21-17-24(20-4-2-1-3-5-20)28(25(21)29)15-14-18-8-12-23(13-9-18)32(27,30)31/h1-13,16-17H,14-15H2,(H2,27,30,31)/b21-16-. The van der Waals surface area contributed by atoms with Crippen molar-refractivity contribution in [2.75, 3.05) is 6.54 Å². The number of nitrogens with two attached hydrogens (primary N) is 1. The number of amides is 1. The summed E-state index contributed by atoms with van der Waals surface area (Å²) in [5, 5.41) is 5.81. The number of carbonyl (C=O) groups excluding carboxylic acids is 1. The molecule has 0 saturated heterocycles. The highest BCUT2D eigenvalue weighted by atomic mass is 35.5. The normalized spacial score (nSPS) is 15.3. The van der Waals surface area contributed by atoms with E-state index in [-0.39, 0.29) is 10.8 Å². The minimum Gasteiger partial charge on any atom is -0.307 e. The van der Waals surface area contributed by atoms with E-state index in [1.807, 2.05) is 54.6 Å². The molecule has 0 spiro atoms. The van der Waals surface area contributed by atoms with Gasteiger partial charge in [-0.15, -0.1) is 0 Å². The Morgan fingerprint density at radius 1 is 0.906 bits per heavy atom. The van der Waals surface area contributed by atoms with Crippen LogP contribution in [0.25, 0.3) is 11.8 Å². The summed E-state index contributed by atoms with van der Waals surface area (Å²) in [5.74, 6) is -0.0834. The van der Waals surface area contributed by atoms with E-state index < -0.39 is 10.0 Å². The molecule has 0 bridgehead atoms. The maximum absolute atomic E-state index is 13.3. The molecule has 0 aliphatic carbocycles. The Labute approximate surface area is 192 Å². The van der Waals surface area contributed by atoms with Crippen molar-refractivity contribution in [3.63, 3.8) is 0 Å². The van der Waals surface area contributed by atoms with E-state index in [1.54, 1.807) is 29.2 Å². The van der Waals surface area contributed by atoms with Crippen LogP contribution in [-0.4, -0.2) is 25.8 Å². The number of sulfonamides is 1. The summed E-state index contributed by atoms with van der Waals surface area (Å²) in [5.41, 5.74) is 4.17. The summed E-state index contributed by atoms with van der Waals surface area (Å²) in [6.45, 7) is 0.451. The zero-order chi connectivity index (χ0) is 22.7. The van der Waals surface area contributed by atoms with Gasteiger partial charge in [0.1, 0.15) is 0 Å². The predicted molar refractivity (Wildman–Crippen MR) is 127 cm³/mol. The predicted octanol–water partition coefficient (Wildman–Crippen LogP) is 4.50. The van der Waals surface area contributed by atoms with Crippen molar-refractivity contribution < 1.29 is 13.2 Å². The van der Waals surface area contributed by atoms with Crippen molar-refractivity contribution in [1.29, 1.82) is 0 Å². The Balaban J connectivity index is 1.60. The van der Waals surface area contributed by atoms with Crippen LogP contribution in [0.4, 0.5) is 0 Å². The lowest BCUT2D eigenvalue weighted by Crippen LogP contribution is -2.27. The molecule has 4 rings (SSSR count). The summed E-state index contributed by atoms with van der Waals surface area (Å²) in [6.07, 6.45) is 4.31. The highest BCUT2D eigenvalue weighted by Crippen LogP contribution is 2.31. The van der Waals surface area contributed by atoms with Crippen molar-refractivity contribution in [3.8, 4) is 0 Å². The monoisotopic (exact) mass is 464 g/mol. The first-order valence-corrected chi connectivity index (χ1v) is 11.9. The number of halogens is 1. The highest BCUT2D eigenvalue weighted by Gasteiger charge is 2.28. The molecule has 5 nitrogen and oxygen atoms in total. The lowest BCUT2D eigenvalue weighted by Gasteiger charge is -2.21. The van der Waals surface area contributed by atoms with E-state index in [0.717, 1.165) is 22.4 Å². The Morgan fingerprint density at radius 2 is 1.56 bits per heavy atom. The zero-order valence-electron chi connectivity index (χ0n) is 17.1. The molecule has 3 aromatic rings. The lowest BCUT2D eigenvalue weighted by molar-refractivity contribution is -0.122. The van der Waals surface area contributed by atoms with Gasteiger partial charge in [-0.3, -0.25) is 4.79 Å². The Bertz CT molecular complexity index is 1300. The van der Waals surface area contributed by atoms with Gasteiger partial charge in [-0.1, -0.05) is 66.2 Å². The van der Waals surface area contributed by atoms with E-state index in [2.05, 4.69) is 0 Å². The fourth-order valence-corrected chi connectivity index (χ4v) is 4.19. The Kier molecular flexibility index (Phi) is 6.28. The van der Waals surface area contributed by atoms with Crippen molar-refractivity contribution >= 4 is 39.3 Å². The van der Waals surface area contributed by atoms with E-state index >= 15 is 0 Å². The minimum atomic E-state index is -3.73. The molecule has 2 N–H and O–H groups in total. The van der Waals surface area contributed by atoms with Gasteiger partial charge in [0, 0.05) is 17.1 Å². The van der Waals surface area contributed by atoms with Gasteiger partial charge in [0.25, 0.3) is 5.91 Å². The van der Waals surface area contributed by atoms with Gasteiger partial charge in [0.15, 0.2) is 0 Å². The largest absolute Gasteiger partial charge is 0.307 e. The third-order valence-corrected chi connectivity index (χ3v) is 6.39. The maximum atomic E-state index is 13.3. The molecule has 0 fully saturated rings. The molecular weight excluding hydrogens is 444 g/mol. The highest BCUT2D eigenvalue weighted by molar-refractivity contribution is 7.89. The molecule has 0 saturated carbocycles. The molecule has 32 heavy (non-hydrogen) atoms. The number of nitrogens with zero attached hydrogens (tertiary/aromatic N) is 1. The SMILES string of the molecule is NS(=O)(=O)c1ccc(CCN2C(=O)/C(=C\c3ccc(Cl)cc3)C=C2c2ccccc2)cc1. The number of hydrogen-bond acceptors (Lipinski definition) is 3. The number of benzene rings is 3. The molecule has 3 aromatic carbocycles. The second-order valence-corrected chi connectivity index (χ2v) is 9.44. The number of carbonyl (C=O) groups is 1. The summed E-state index contributed by atoms with van der Waals surface area (Å²) < 4.78 is 22.9. The second-order valence-electron chi connectivity index (χ2n) is 7.44. The fraction of sp³-hybridized carbons (Fsp3) is 0.0800. The van der Waals surface area contributed by atoms with Gasteiger partial charge in [0.05, 0.1) is 10.6 Å². The molecule has 0 aromatic heterocycles. The summed E-state index contributed by atoms with van der Waals surface area (Å²) in [7, 11) is -3.73. The van der Waals surface area contributed by atoms with Gasteiger partial charge < -0.3 is 4.90 Å². The smallest absolute Gasteiger partial charge is 0.258 e. The van der Waals surface area contributed by atoms with Crippen LogP contribution in [0.2, 0.25) is 5.02 Å². The minimum absolute atomic E-state index is 0.0663. The maximum Gasteiger partial charge on any atom is 0.258 e. The van der Waals surface area contributed by atoms with Crippen molar-refractivity contribution in [1.82, 2.24) is 4.90 Å². The fourth-order valence-electron chi connectivity index (χ4n) is 3.55. The summed E-state index contributed by atoms with van der Waals surface area (Å²) in [4.78, 5) is 15.1. The van der Waals surface area contributed by atoms with Gasteiger partial charge in [-0.2, -0.15) is 0 Å². The van der Waals surface area contributed by atoms with E-state index in [0.29, 0.717) is 23.6 Å². The molecule has 7 heteroatoms. The van der Waals surface area contributed by atoms with Gasteiger partial charge in [0.2, 0.25) is 10.0 Å². The zero-order valence-corrected chi connectivity index (χ0v) is 18.7. The van der Waals surface area contributed by atoms with Crippen molar-refractivity contribution in [2.24, 2.45) is 5.14 Å². The van der Waals surface area contributed by atoms with Crippen LogP contribution < -0.4 is 5.14 Å².